The molecule has 3 N–H and O–H groups in total. The molecule has 0 fully saturated rings. The molecule has 7 nitrogen and oxygen atoms in total. The second-order valence-corrected chi connectivity index (χ2v) is 4.50. The van der Waals surface area contributed by atoms with Crippen molar-refractivity contribution in [1.29, 1.82) is 0 Å². The second-order valence-electron chi connectivity index (χ2n) is 3.80. The smallest absolute Gasteiger partial charge is 0.419 e. The van der Waals surface area contributed by atoms with Crippen molar-refractivity contribution in [2.45, 2.75) is 0 Å². The van der Waals surface area contributed by atoms with E-state index in [1.807, 2.05) is 0 Å². The molecule has 1 atom stereocenters. The molecule has 1 aromatic carbocycles. The third-order valence-electron chi connectivity index (χ3n) is 2.53. The molecule has 1 unspecified atom stereocenters. The summed E-state index contributed by atoms with van der Waals surface area (Å²) in [7, 11) is 0. The van der Waals surface area contributed by atoms with E-state index in [0.717, 1.165) is 6.07 Å². The molecule has 0 aliphatic carbocycles. The Morgan fingerprint density at radius 1 is 1.15 bits per heavy atom. The Labute approximate surface area is 115 Å². The summed E-state index contributed by atoms with van der Waals surface area (Å²) in [6.45, 7) is 0. The van der Waals surface area contributed by atoms with Crippen LogP contribution in [0.15, 0.2) is 47.3 Å². The number of aromatic nitrogens is 1. The molecule has 0 radical (unpaired) electrons. The molecular formula is C12H10N2O5S. The van der Waals surface area contributed by atoms with Crippen molar-refractivity contribution in [1.82, 2.24) is 4.57 Å². The number of hydrogen-bond acceptors (Lipinski definition) is 3. The lowest BCUT2D eigenvalue weighted by atomic mass is 10.1. The minimum atomic E-state index is -2.18. The van der Waals surface area contributed by atoms with Gasteiger partial charge in [-0.05, 0) is 23.8 Å². The monoisotopic (exact) mass is 294 g/mol. The van der Waals surface area contributed by atoms with Crippen LogP contribution in [0.3, 0.4) is 0 Å². The van der Waals surface area contributed by atoms with E-state index < -0.39 is 22.9 Å². The van der Waals surface area contributed by atoms with Gasteiger partial charge in [0.25, 0.3) is 16.8 Å². The fraction of sp³-hybridized carbons (Fsp3) is 0. The zero-order chi connectivity index (χ0) is 14.7. The number of nitrogens with one attached hydrogen (secondary N) is 1. The van der Waals surface area contributed by atoms with E-state index in [1.54, 1.807) is 12.1 Å². The zero-order valence-corrected chi connectivity index (χ0v) is 10.8. The first-order valence-corrected chi connectivity index (χ1v) is 6.53. The maximum atomic E-state index is 11.6. The highest BCUT2D eigenvalue weighted by Gasteiger charge is 2.11. The van der Waals surface area contributed by atoms with E-state index in [0.29, 0.717) is 15.8 Å². The summed E-state index contributed by atoms with van der Waals surface area (Å²) >= 11 is -2.18. The van der Waals surface area contributed by atoms with E-state index in [-0.39, 0.29) is 5.69 Å². The van der Waals surface area contributed by atoms with Crippen LogP contribution in [0.4, 0.5) is 10.5 Å². The van der Waals surface area contributed by atoms with Gasteiger partial charge in [-0.1, -0.05) is 18.2 Å². The van der Waals surface area contributed by atoms with E-state index in [9.17, 15) is 13.8 Å². The molecule has 0 aliphatic heterocycles. The molecule has 1 aromatic heterocycles. The van der Waals surface area contributed by atoms with Crippen LogP contribution in [-0.4, -0.2) is 24.5 Å². The van der Waals surface area contributed by atoms with Crippen molar-refractivity contribution in [3.63, 3.8) is 0 Å². The maximum Gasteiger partial charge on any atom is 0.419 e. The van der Waals surface area contributed by atoms with Gasteiger partial charge in [-0.3, -0.25) is 14.1 Å². The average Bonchev–Trinajstić information content (AvgIpc) is 2.38. The van der Waals surface area contributed by atoms with Crippen LogP contribution in [0.1, 0.15) is 0 Å². The standard InChI is InChI=1S/C12H10N2O5S/c15-11-3-1-2-10(14(11)12(16)17)8-4-6-9(7-5-8)13-20(18)19/h1-7,13H,(H,16,17)(H,18,19). The van der Waals surface area contributed by atoms with Crippen molar-refractivity contribution in [2.24, 2.45) is 0 Å². The van der Waals surface area contributed by atoms with Gasteiger partial charge in [0.05, 0.1) is 5.69 Å². The number of anilines is 1. The van der Waals surface area contributed by atoms with E-state index in [4.69, 9.17) is 9.66 Å². The summed E-state index contributed by atoms with van der Waals surface area (Å²) in [5.74, 6) is 0. The van der Waals surface area contributed by atoms with Crippen LogP contribution in [0, 0.1) is 0 Å². The fourth-order valence-electron chi connectivity index (χ4n) is 1.72. The van der Waals surface area contributed by atoms with E-state index >= 15 is 0 Å². The van der Waals surface area contributed by atoms with Gasteiger partial charge in [0.1, 0.15) is 0 Å². The lowest BCUT2D eigenvalue weighted by Crippen LogP contribution is -2.26. The van der Waals surface area contributed by atoms with Gasteiger partial charge >= 0.3 is 6.09 Å². The predicted octanol–water partition coefficient (Wildman–Crippen LogP) is 1.59. The topological polar surface area (TPSA) is 109 Å². The SMILES string of the molecule is O=C(O)n1c(-c2ccc(NS(=O)O)cc2)cccc1=O. The van der Waals surface area contributed by atoms with Crippen LogP contribution in [0.5, 0.6) is 0 Å². The molecule has 1 heterocycles. The minimum Gasteiger partial charge on any atom is -0.464 e. The summed E-state index contributed by atoms with van der Waals surface area (Å²) in [6, 6.07) is 10.2. The highest BCUT2D eigenvalue weighted by molar-refractivity contribution is 7.80. The number of carboxylic acid groups (broad SMARTS) is 1. The van der Waals surface area contributed by atoms with Gasteiger partial charge in [0.2, 0.25) is 0 Å². The minimum absolute atomic E-state index is 0.224. The second kappa shape index (κ2) is 5.68. The summed E-state index contributed by atoms with van der Waals surface area (Å²) in [5.41, 5.74) is 0.476. The summed E-state index contributed by atoms with van der Waals surface area (Å²) in [5, 5.41) is 9.06. The van der Waals surface area contributed by atoms with Crippen molar-refractivity contribution in [2.75, 3.05) is 4.72 Å². The molecule has 0 saturated carbocycles. The van der Waals surface area contributed by atoms with Gasteiger partial charge in [-0.15, -0.1) is 0 Å². The Hall–Kier alpha value is -2.45. The molecular weight excluding hydrogens is 284 g/mol. The molecule has 0 bridgehead atoms. The van der Waals surface area contributed by atoms with Crippen LogP contribution < -0.4 is 10.3 Å². The van der Waals surface area contributed by atoms with Gasteiger partial charge in [-0.2, -0.15) is 0 Å². The van der Waals surface area contributed by atoms with Crippen LogP contribution in [-0.2, 0) is 11.3 Å². The third-order valence-corrected chi connectivity index (χ3v) is 2.94. The predicted molar refractivity (Wildman–Crippen MR) is 74.0 cm³/mol. The summed E-state index contributed by atoms with van der Waals surface area (Å²) < 4.78 is 22.2. The van der Waals surface area contributed by atoms with Gasteiger partial charge in [-0.25, -0.2) is 13.6 Å². The first kappa shape index (κ1) is 14.0. The number of pyridine rings is 1. The molecule has 20 heavy (non-hydrogen) atoms. The zero-order valence-electron chi connectivity index (χ0n) is 10.0. The Bertz CT molecular complexity index is 723. The average molecular weight is 294 g/mol. The molecule has 8 heteroatoms. The van der Waals surface area contributed by atoms with Gasteiger partial charge in [0.15, 0.2) is 0 Å². The molecule has 104 valence electrons. The highest BCUT2D eigenvalue weighted by atomic mass is 32.2. The van der Waals surface area contributed by atoms with Crippen molar-refractivity contribution in [3.8, 4) is 11.3 Å². The number of nitrogens with zero attached hydrogens (tertiary/aromatic N) is 1. The van der Waals surface area contributed by atoms with Crippen LogP contribution in [0.25, 0.3) is 11.3 Å². The van der Waals surface area contributed by atoms with Crippen LogP contribution in [0.2, 0.25) is 0 Å². The Kier molecular flexibility index (Phi) is 3.97. The first-order valence-electron chi connectivity index (χ1n) is 5.42. The Morgan fingerprint density at radius 3 is 2.35 bits per heavy atom. The van der Waals surface area contributed by atoms with E-state index in [2.05, 4.69) is 4.72 Å². The van der Waals surface area contributed by atoms with Gasteiger partial charge in [0, 0.05) is 11.8 Å². The van der Waals surface area contributed by atoms with Crippen molar-refractivity contribution >= 4 is 23.0 Å². The molecule has 2 aromatic rings. The molecule has 0 saturated heterocycles. The normalized spacial score (nSPS) is 11.8. The van der Waals surface area contributed by atoms with Crippen molar-refractivity contribution < 1.29 is 18.7 Å². The number of carbonyl (C=O) groups is 1. The van der Waals surface area contributed by atoms with Gasteiger partial charge < -0.3 is 5.11 Å². The lowest BCUT2D eigenvalue weighted by Gasteiger charge is -2.09. The molecule has 0 amide bonds. The Morgan fingerprint density at radius 2 is 1.80 bits per heavy atom. The quantitative estimate of drug-likeness (QED) is 0.745. The highest BCUT2D eigenvalue weighted by Crippen LogP contribution is 2.20. The summed E-state index contributed by atoms with van der Waals surface area (Å²) in [6.07, 6.45) is -1.37. The first-order chi connectivity index (χ1) is 9.49. The molecule has 2 rings (SSSR count). The maximum absolute atomic E-state index is 11.6. The largest absolute Gasteiger partial charge is 0.464 e. The fourth-order valence-corrected chi connectivity index (χ4v) is 2.06. The summed E-state index contributed by atoms with van der Waals surface area (Å²) in [4.78, 5) is 22.7. The van der Waals surface area contributed by atoms with Crippen LogP contribution >= 0.6 is 0 Å². The van der Waals surface area contributed by atoms with E-state index in [1.165, 1.54) is 24.3 Å². The number of rotatable bonds is 3. The molecule has 0 spiro atoms. The number of benzene rings is 1. The lowest BCUT2D eigenvalue weighted by molar-refractivity contribution is 0.195. The van der Waals surface area contributed by atoms with Crippen molar-refractivity contribution in [3.05, 3.63) is 52.8 Å². The third kappa shape index (κ3) is 2.92. The molecule has 0 aliphatic rings. The number of hydrogen-bond donors (Lipinski definition) is 3. The Balaban J connectivity index is 2.47.